The molecule has 0 radical (unpaired) electrons. The van der Waals surface area contributed by atoms with Crippen LogP contribution >= 0.6 is 0 Å². The molecule has 0 aliphatic rings. The molecule has 21 heavy (non-hydrogen) atoms. The Hall–Kier alpha value is -2.04. The van der Waals surface area contributed by atoms with Crippen molar-refractivity contribution in [2.24, 2.45) is 0 Å². The lowest BCUT2D eigenvalue weighted by Gasteiger charge is -2.16. The molecule has 0 atom stereocenters. The number of hydrogen-bond acceptors (Lipinski definition) is 1. The Kier molecular flexibility index (Phi) is 16.2. The van der Waals surface area contributed by atoms with Crippen molar-refractivity contribution in [1.29, 1.82) is 0 Å². The molecule has 114 valence electrons. The maximum atomic E-state index is 4.00. The highest BCUT2D eigenvalue weighted by molar-refractivity contribution is 5.31. The molecule has 0 fully saturated rings. The molecule has 0 bridgehead atoms. The second-order valence-corrected chi connectivity index (χ2v) is 3.54. The molecule has 0 saturated carbocycles. The fourth-order valence-electron chi connectivity index (χ4n) is 1.82. The van der Waals surface area contributed by atoms with E-state index in [0.29, 0.717) is 0 Å². The summed E-state index contributed by atoms with van der Waals surface area (Å²) in [6.45, 7) is 8.00. The Morgan fingerprint density at radius 2 is 0.952 bits per heavy atom. The largest absolute Gasteiger partial charge is 0.309 e. The molecule has 0 unspecified atom stereocenters. The van der Waals surface area contributed by atoms with Crippen LogP contribution in [0.5, 0.6) is 0 Å². The second kappa shape index (κ2) is 16.0. The lowest BCUT2D eigenvalue weighted by molar-refractivity contribution is 0.692. The molecule has 2 aromatic rings. The van der Waals surface area contributed by atoms with Gasteiger partial charge in [-0.1, -0.05) is 88.4 Å². The van der Waals surface area contributed by atoms with Crippen LogP contribution in [0.15, 0.2) is 60.7 Å². The lowest BCUT2D eigenvalue weighted by atomic mass is 9.99. The Morgan fingerprint density at radius 1 is 0.667 bits per heavy atom. The zero-order chi connectivity index (χ0) is 16.5. The maximum Gasteiger partial charge on any atom is 0.0574 e. The Bertz CT molecular complexity index is 392. The first-order chi connectivity index (χ1) is 10.4. The van der Waals surface area contributed by atoms with E-state index in [0.717, 1.165) is 0 Å². The summed E-state index contributed by atoms with van der Waals surface area (Å²) >= 11 is 0. The highest BCUT2D eigenvalue weighted by atomic mass is 14.9. The molecule has 0 aliphatic heterocycles. The van der Waals surface area contributed by atoms with Gasteiger partial charge in [0.1, 0.15) is 0 Å². The summed E-state index contributed by atoms with van der Waals surface area (Å²) in [5.74, 6) is 0. The minimum absolute atomic E-state index is 0.285. The van der Waals surface area contributed by atoms with Gasteiger partial charge in [0, 0.05) is 0 Å². The second-order valence-electron chi connectivity index (χ2n) is 3.54. The highest BCUT2D eigenvalue weighted by Crippen LogP contribution is 2.20. The zero-order valence-corrected chi connectivity index (χ0v) is 14.0. The first-order valence-corrected chi connectivity index (χ1v) is 7.52. The van der Waals surface area contributed by atoms with Gasteiger partial charge in [0.25, 0.3) is 0 Å². The van der Waals surface area contributed by atoms with Crippen LogP contribution in [0, 0.1) is 12.8 Å². The minimum atomic E-state index is 0.285. The summed E-state index contributed by atoms with van der Waals surface area (Å²) in [4.78, 5) is 0. The van der Waals surface area contributed by atoms with E-state index >= 15 is 0 Å². The average Bonchev–Trinajstić information content (AvgIpc) is 2.63. The van der Waals surface area contributed by atoms with E-state index in [4.69, 9.17) is 0 Å². The van der Waals surface area contributed by atoms with Gasteiger partial charge < -0.3 is 5.32 Å². The fraction of sp³-hybridized carbons (Fsp3) is 0.300. The van der Waals surface area contributed by atoms with Gasteiger partial charge in [-0.05, 0) is 18.2 Å². The van der Waals surface area contributed by atoms with Crippen molar-refractivity contribution < 1.29 is 0 Å². The van der Waals surface area contributed by atoms with Crippen LogP contribution in [0.25, 0.3) is 0 Å². The van der Waals surface area contributed by atoms with E-state index in [1.807, 2.05) is 46.9 Å². The molecular weight excluding hydrogens is 254 g/mol. The average molecular weight is 283 g/mol. The van der Waals surface area contributed by atoms with Gasteiger partial charge in [-0.15, -0.1) is 12.8 Å². The Balaban J connectivity index is 0. The van der Waals surface area contributed by atoms with E-state index in [9.17, 15) is 0 Å². The topological polar surface area (TPSA) is 12.0 Å². The molecule has 0 aliphatic carbocycles. The standard InChI is InChI=1S/C14H15N.2C2H6.C2H2/c1-15-14(12-8-4-2-5-9-12)13-10-6-3-7-11-13;3*1-2/h2-11,14-15H,1H3;2*1-2H3;1-2H. The highest BCUT2D eigenvalue weighted by Gasteiger charge is 2.09. The van der Waals surface area contributed by atoms with Gasteiger partial charge in [-0.25, -0.2) is 0 Å². The molecular formula is C20H29N. The van der Waals surface area contributed by atoms with Crippen LogP contribution in [0.2, 0.25) is 0 Å². The molecule has 0 heterocycles. The molecule has 0 aromatic heterocycles. The van der Waals surface area contributed by atoms with E-state index < -0.39 is 0 Å². The van der Waals surface area contributed by atoms with Gasteiger partial charge in [-0.2, -0.15) is 0 Å². The van der Waals surface area contributed by atoms with Crippen LogP contribution in [0.3, 0.4) is 0 Å². The summed E-state index contributed by atoms with van der Waals surface area (Å²) in [5.41, 5.74) is 2.59. The van der Waals surface area contributed by atoms with Gasteiger partial charge >= 0.3 is 0 Å². The van der Waals surface area contributed by atoms with Crippen molar-refractivity contribution in [2.45, 2.75) is 33.7 Å². The summed E-state index contributed by atoms with van der Waals surface area (Å²) in [5, 5.41) is 3.33. The number of hydrogen-bond donors (Lipinski definition) is 1. The third-order valence-corrected chi connectivity index (χ3v) is 2.55. The van der Waals surface area contributed by atoms with Gasteiger partial charge in [0.15, 0.2) is 0 Å². The van der Waals surface area contributed by atoms with Crippen molar-refractivity contribution in [2.75, 3.05) is 7.05 Å². The summed E-state index contributed by atoms with van der Waals surface area (Å²) < 4.78 is 0. The predicted molar refractivity (Wildman–Crippen MR) is 96.4 cm³/mol. The van der Waals surface area contributed by atoms with Gasteiger partial charge in [-0.3, -0.25) is 0 Å². The van der Waals surface area contributed by atoms with Crippen molar-refractivity contribution in [3.05, 3.63) is 71.8 Å². The zero-order valence-electron chi connectivity index (χ0n) is 14.0. The van der Waals surface area contributed by atoms with Crippen LogP contribution in [-0.4, -0.2) is 7.05 Å². The maximum absolute atomic E-state index is 4.00. The number of benzene rings is 2. The van der Waals surface area contributed by atoms with Gasteiger partial charge in [0.05, 0.1) is 6.04 Å². The molecule has 0 spiro atoms. The van der Waals surface area contributed by atoms with Gasteiger partial charge in [0.2, 0.25) is 0 Å². The molecule has 2 rings (SSSR count). The van der Waals surface area contributed by atoms with E-state index in [1.54, 1.807) is 0 Å². The molecule has 1 N–H and O–H groups in total. The first-order valence-electron chi connectivity index (χ1n) is 7.52. The van der Waals surface area contributed by atoms with E-state index in [1.165, 1.54) is 11.1 Å². The van der Waals surface area contributed by atoms with Crippen LogP contribution in [0.1, 0.15) is 44.9 Å². The predicted octanol–water partition coefficient (Wildman–Crippen LogP) is 5.30. The smallest absolute Gasteiger partial charge is 0.0574 e. The Labute approximate surface area is 131 Å². The normalized spacial score (nSPS) is 8.19. The first kappa shape index (κ1) is 21.3. The SMILES string of the molecule is C#C.CC.CC.CNC(c1ccccc1)c1ccccc1. The van der Waals surface area contributed by atoms with Crippen LogP contribution in [0.4, 0.5) is 0 Å². The Morgan fingerprint density at radius 3 is 1.19 bits per heavy atom. The van der Waals surface area contributed by atoms with Crippen molar-refractivity contribution in [3.8, 4) is 12.8 Å². The minimum Gasteiger partial charge on any atom is -0.309 e. The number of nitrogens with one attached hydrogen (secondary N) is 1. The molecule has 1 heteroatoms. The monoisotopic (exact) mass is 283 g/mol. The molecule has 0 saturated heterocycles. The molecule has 1 nitrogen and oxygen atoms in total. The van der Waals surface area contributed by atoms with Crippen LogP contribution < -0.4 is 5.32 Å². The third kappa shape index (κ3) is 7.97. The summed E-state index contributed by atoms with van der Waals surface area (Å²) in [6, 6.07) is 21.2. The van der Waals surface area contributed by atoms with Crippen LogP contribution in [-0.2, 0) is 0 Å². The summed E-state index contributed by atoms with van der Waals surface area (Å²) in [6.07, 6.45) is 8.00. The van der Waals surface area contributed by atoms with E-state index in [2.05, 4.69) is 66.7 Å². The molecule has 2 aromatic carbocycles. The van der Waals surface area contributed by atoms with Crippen molar-refractivity contribution in [3.63, 3.8) is 0 Å². The quantitative estimate of drug-likeness (QED) is 0.754. The summed E-state index contributed by atoms with van der Waals surface area (Å²) in [7, 11) is 1.99. The molecule has 0 amide bonds. The van der Waals surface area contributed by atoms with Crippen molar-refractivity contribution >= 4 is 0 Å². The lowest BCUT2D eigenvalue weighted by Crippen LogP contribution is -2.17. The number of terminal acetylenes is 1. The van der Waals surface area contributed by atoms with E-state index in [-0.39, 0.29) is 6.04 Å². The number of rotatable bonds is 3. The fourth-order valence-corrected chi connectivity index (χ4v) is 1.82. The third-order valence-electron chi connectivity index (χ3n) is 2.55. The van der Waals surface area contributed by atoms with Crippen molar-refractivity contribution in [1.82, 2.24) is 5.32 Å².